The Balaban J connectivity index is 1.71. The second-order valence-corrected chi connectivity index (χ2v) is 6.40. The molecule has 1 spiro atoms. The lowest BCUT2D eigenvalue weighted by Gasteiger charge is -2.56. The van der Waals surface area contributed by atoms with Gasteiger partial charge in [0.25, 0.3) is 0 Å². The first-order valence-corrected chi connectivity index (χ1v) is 6.90. The predicted molar refractivity (Wildman–Crippen MR) is 72.2 cm³/mol. The van der Waals surface area contributed by atoms with Crippen LogP contribution in [0.3, 0.4) is 0 Å². The van der Waals surface area contributed by atoms with Gasteiger partial charge in [0, 0.05) is 18.2 Å². The van der Waals surface area contributed by atoms with E-state index in [1.807, 2.05) is 19.2 Å². The lowest BCUT2D eigenvalue weighted by Crippen LogP contribution is -2.52. The number of aryl methyl sites for hydroxylation is 1. The Bertz CT molecular complexity index is 700. The summed E-state index contributed by atoms with van der Waals surface area (Å²) in [5.74, 6) is 0.473. The molecule has 2 saturated carbocycles. The van der Waals surface area contributed by atoms with E-state index >= 15 is 0 Å². The van der Waals surface area contributed by atoms with Crippen LogP contribution in [0.15, 0.2) is 17.1 Å². The fourth-order valence-electron chi connectivity index (χ4n) is 4.09. The van der Waals surface area contributed by atoms with E-state index in [0.717, 1.165) is 29.6 Å². The number of nitrogens with two attached hydrogens (primary N) is 1. The summed E-state index contributed by atoms with van der Waals surface area (Å²) in [6, 6.07) is 2.38. The lowest BCUT2D eigenvalue weighted by molar-refractivity contribution is -0.00936. The third-order valence-corrected chi connectivity index (χ3v) is 4.96. The standard InChI is InChI=1S/C14H18N4O/c1-8-2-3-18-12(8)11(16-17-13(18)19)9-4-14(5-9)6-10(15)7-14/h2-3,9-10H,4-7,15H2,1H3,(H,17,19). The number of fused-ring (bicyclic) bond motifs is 1. The maximum absolute atomic E-state index is 11.7. The van der Waals surface area contributed by atoms with Gasteiger partial charge in [0.2, 0.25) is 0 Å². The maximum atomic E-state index is 11.7. The van der Waals surface area contributed by atoms with E-state index in [1.54, 1.807) is 4.40 Å². The molecule has 0 radical (unpaired) electrons. The molecule has 3 N–H and O–H groups in total. The van der Waals surface area contributed by atoms with E-state index in [1.165, 1.54) is 12.8 Å². The number of hydrogen-bond acceptors (Lipinski definition) is 3. The van der Waals surface area contributed by atoms with Gasteiger partial charge in [0.1, 0.15) is 0 Å². The smallest absolute Gasteiger partial charge is 0.328 e. The number of H-pyrrole nitrogens is 1. The first-order valence-electron chi connectivity index (χ1n) is 6.90. The van der Waals surface area contributed by atoms with Crippen LogP contribution in [0.5, 0.6) is 0 Å². The number of aromatic amines is 1. The molecule has 19 heavy (non-hydrogen) atoms. The summed E-state index contributed by atoms with van der Waals surface area (Å²) >= 11 is 0. The number of hydrogen-bond donors (Lipinski definition) is 2. The zero-order valence-electron chi connectivity index (χ0n) is 11.0. The van der Waals surface area contributed by atoms with Gasteiger partial charge < -0.3 is 5.73 Å². The molecule has 2 aliphatic rings. The van der Waals surface area contributed by atoms with Crippen molar-refractivity contribution in [2.75, 3.05) is 0 Å². The monoisotopic (exact) mass is 258 g/mol. The van der Waals surface area contributed by atoms with Crippen LogP contribution in [0.4, 0.5) is 0 Å². The van der Waals surface area contributed by atoms with Crippen molar-refractivity contribution in [3.8, 4) is 0 Å². The summed E-state index contributed by atoms with van der Waals surface area (Å²) in [5.41, 5.74) is 9.39. The minimum Gasteiger partial charge on any atom is -0.328 e. The van der Waals surface area contributed by atoms with Gasteiger partial charge >= 0.3 is 5.69 Å². The van der Waals surface area contributed by atoms with Crippen LogP contribution < -0.4 is 11.4 Å². The molecule has 2 aliphatic carbocycles. The van der Waals surface area contributed by atoms with Crippen LogP contribution in [0.2, 0.25) is 0 Å². The van der Waals surface area contributed by atoms with Gasteiger partial charge in [-0.15, -0.1) is 0 Å². The molecule has 5 heteroatoms. The van der Waals surface area contributed by atoms with Gasteiger partial charge in [0.05, 0.1) is 11.2 Å². The quantitative estimate of drug-likeness (QED) is 0.810. The Morgan fingerprint density at radius 3 is 2.84 bits per heavy atom. The Labute approximate surface area is 110 Å². The molecule has 0 unspecified atom stereocenters. The maximum Gasteiger partial charge on any atom is 0.346 e. The van der Waals surface area contributed by atoms with Crippen LogP contribution in [0.1, 0.15) is 42.9 Å². The molecule has 0 atom stereocenters. The van der Waals surface area contributed by atoms with Gasteiger partial charge in [-0.25, -0.2) is 9.89 Å². The Hall–Kier alpha value is -1.62. The molecular formula is C14H18N4O. The normalized spacial score (nSPS) is 33.4. The largest absolute Gasteiger partial charge is 0.346 e. The molecule has 2 aromatic heterocycles. The van der Waals surface area contributed by atoms with Crippen molar-refractivity contribution < 1.29 is 0 Å². The predicted octanol–water partition coefficient (Wildman–Crippen LogP) is 1.32. The highest BCUT2D eigenvalue weighted by Crippen LogP contribution is 2.61. The number of rotatable bonds is 1. The van der Waals surface area contributed by atoms with Crippen LogP contribution in [0.25, 0.3) is 5.52 Å². The number of nitrogens with zero attached hydrogens (tertiary/aromatic N) is 2. The Morgan fingerprint density at radius 2 is 2.16 bits per heavy atom. The first-order chi connectivity index (χ1) is 9.08. The summed E-state index contributed by atoms with van der Waals surface area (Å²) in [7, 11) is 0. The Morgan fingerprint density at radius 1 is 1.42 bits per heavy atom. The highest BCUT2D eigenvalue weighted by atomic mass is 16.1. The van der Waals surface area contributed by atoms with Crippen molar-refractivity contribution in [3.05, 3.63) is 34.0 Å². The van der Waals surface area contributed by atoms with Crippen LogP contribution >= 0.6 is 0 Å². The fraction of sp³-hybridized carbons (Fsp3) is 0.571. The molecule has 100 valence electrons. The lowest BCUT2D eigenvalue weighted by atomic mass is 9.49. The SMILES string of the molecule is Cc1ccn2c(=O)[nH]nc(C3CC4(CC(N)C4)C3)c12. The van der Waals surface area contributed by atoms with Crippen molar-refractivity contribution in [3.63, 3.8) is 0 Å². The molecule has 0 amide bonds. The van der Waals surface area contributed by atoms with Crippen molar-refractivity contribution >= 4 is 5.52 Å². The molecule has 0 aromatic carbocycles. The molecular weight excluding hydrogens is 240 g/mol. The molecule has 0 bridgehead atoms. The second kappa shape index (κ2) is 3.48. The summed E-state index contributed by atoms with van der Waals surface area (Å²) < 4.78 is 1.68. The average molecular weight is 258 g/mol. The van der Waals surface area contributed by atoms with Crippen LogP contribution in [0, 0.1) is 12.3 Å². The van der Waals surface area contributed by atoms with Crippen molar-refractivity contribution in [1.82, 2.24) is 14.6 Å². The van der Waals surface area contributed by atoms with E-state index in [0.29, 0.717) is 17.4 Å². The zero-order chi connectivity index (χ0) is 13.2. The summed E-state index contributed by atoms with van der Waals surface area (Å²) in [6.07, 6.45) is 6.47. The van der Waals surface area contributed by atoms with Gasteiger partial charge in [-0.1, -0.05) is 0 Å². The molecule has 2 heterocycles. The number of aromatic nitrogens is 3. The minimum atomic E-state index is -0.161. The van der Waals surface area contributed by atoms with E-state index in [4.69, 9.17) is 5.73 Å². The summed E-state index contributed by atoms with van der Waals surface area (Å²) in [6.45, 7) is 2.04. The van der Waals surface area contributed by atoms with Crippen molar-refractivity contribution in [2.24, 2.45) is 11.1 Å². The van der Waals surface area contributed by atoms with Crippen molar-refractivity contribution in [2.45, 2.75) is 44.6 Å². The minimum absolute atomic E-state index is 0.161. The van der Waals surface area contributed by atoms with E-state index in [2.05, 4.69) is 10.2 Å². The van der Waals surface area contributed by atoms with Gasteiger partial charge in [-0.05, 0) is 49.7 Å². The highest BCUT2D eigenvalue weighted by Gasteiger charge is 2.52. The molecule has 5 nitrogen and oxygen atoms in total. The average Bonchev–Trinajstić information content (AvgIpc) is 2.67. The molecule has 0 aliphatic heterocycles. The van der Waals surface area contributed by atoms with Crippen LogP contribution in [-0.2, 0) is 0 Å². The zero-order valence-corrected chi connectivity index (χ0v) is 11.0. The summed E-state index contributed by atoms with van der Waals surface area (Å²) in [5, 5.41) is 6.93. The van der Waals surface area contributed by atoms with Gasteiger partial charge in [-0.2, -0.15) is 5.10 Å². The molecule has 2 fully saturated rings. The fourth-order valence-corrected chi connectivity index (χ4v) is 4.09. The van der Waals surface area contributed by atoms with Crippen LogP contribution in [-0.4, -0.2) is 20.6 Å². The van der Waals surface area contributed by atoms with Gasteiger partial charge in [-0.3, -0.25) is 4.40 Å². The Kier molecular flexibility index (Phi) is 2.05. The van der Waals surface area contributed by atoms with Crippen molar-refractivity contribution in [1.29, 1.82) is 0 Å². The first kappa shape index (κ1) is 11.2. The molecule has 4 rings (SSSR count). The number of nitrogens with one attached hydrogen (secondary N) is 1. The third-order valence-electron chi connectivity index (χ3n) is 4.96. The second-order valence-electron chi connectivity index (χ2n) is 6.40. The molecule has 2 aromatic rings. The van der Waals surface area contributed by atoms with E-state index in [-0.39, 0.29) is 5.69 Å². The summed E-state index contributed by atoms with van der Waals surface area (Å²) in [4.78, 5) is 11.7. The topological polar surface area (TPSA) is 76.2 Å². The van der Waals surface area contributed by atoms with E-state index in [9.17, 15) is 4.79 Å². The third kappa shape index (κ3) is 1.45. The highest BCUT2D eigenvalue weighted by molar-refractivity contribution is 5.60. The molecule has 0 saturated heterocycles. The van der Waals surface area contributed by atoms with E-state index < -0.39 is 0 Å². The van der Waals surface area contributed by atoms with Gasteiger partial charge in [0.15, 0.2) is 0 Å².